The molecule has 4 nitrogen and oxygen atoms in total. The van der Waals surface area contributed by atoms with E-state index in [-0.39, 0.29) is 5.04 Å². The monoisotopic (exact) mass is 466 g/mol. The summed E-state index contributed by atoms with van der Waals surface area (Å²) in [6.45, 7) is 13.8. The van der Waals surface area contributed by atoms with Gasteiger partial charge in [-0.2, -0.15) is 0 Å². The topological polar surface area (TPSA) is 47.9 Å². The van der Waals surface area contributed by atoms with Crippen molar-refractivity contribution in [3.8, 4) is 0 Å². The third-order valence-electron chi connectivity index (χ3n) is 6.01. The molecule has 1 N–H and O–H groups in total. The van der Waals surface area contributed by atoms with Gasteiger partial charge in [-0.05, 0) is 66.4 Å². The first-order valence-electron chi connectivity index (χ1n) is 10.2. The van der Waals surface area contributed by atoms with Gasteiger partial charge < -0.3 is 19.0 Å². The highest BCUT2D eigenvalue weighted by molar-refractivity contribution is 7.12. The molecule has 1 aromatic heterocycles. The van der Waals surface area contributed by atoms with Crippen molar-refractivity contribution in [1.82, 2.24) is 0 Å². The standard InChI is InChI=1S/C23H31ClO4SSi/c1-15-18(14-20(29-15)22-26-11-12-27-22)21(25)19-13-17(24)8-7-16(19)9-10-28-30(5,6)23(2,3)4/h7-8,11-14,21-22,25H,9-10H2,1-6H3. The molecular weight excluding hydrogens is 436 g/mol. The second-order valence-corrected chi connectivity index (χ2v) is 15.7. The molecule has 2 heterocycles. The van der Waals surface area contributed by atoms with Crippen LogP contribution in [0.25, 0.3) is 0 Å². The van der Waals surface area contributed by atoms with Gasteiger partial charge in [0.1, 0.15) is 18.6 Å². The highest BCUT2D eigenvalue weighted by Gasteiger charge is 2.37. The fourth-order valence-electron chi connectivity index (χ4n) is 3.13. The van der Waals surface area contributed by atoms with Crippen LogP contribution in [0.1, 0.15) is 59.6 Å². The van der Waals surface area contributed by atoms with E-state index < -0.39 is 20.7 Å². The third-order valence-corrected chi connectivity index (χ3v) is 11.9. The lowest BCUT2D eigenvalue weighted by Gasteiger charge is -2.36. The third kappa shape index (κ3) is 5.11. The minimum absolute atomic E-state index is 0.165. The van der Waals surface area contributed by atoms with Crippen LogP contribution in [0.2, 0.25) is 23.2 Å². The summed E-state index contributed by atoms with van der Waals surface area (Å²) in [5.41, 5.74) is 2.72. The summed E-state index contributed by atoms with van der Waals surface area (Å²) >= 11 is 7.85. The zero-order chi connectivity index (χ0) is 22.1. The van der Waals surface area contributed by atoms with Crippen molar-refractivity contribution in [2.45, 2.75) is 64.6 Å². The Morgan fingerprint density at radius 3 is 2.47 bits per heavy atom. The van der Waals surface area contributed by atoms with E-state index in [1.807, 2.05) is 31.2 Å². The maximum absolute atomic E-state index is 11.2. The number of thiophene rings is 1. The molecule has 2 aromatic rings. The van der Waals surface area contributed by atoms with Gasteiger partial charge in [0.2, 0.25) is 0 Å². The smallest absolute Gasteiger partial charge is 0.275 e. The molecule has 3 rings (SSSR count). The highest BCUT2D eigenvalue weighted by Crippen LogP contribution is 2.39. The molecule has 0 saturated carbocycles. The minimum Gasteiger partial charge on any atom is -0.454 e. The summed E-state index contributed by atoms with van der Waals surface area (Å²) in [6, 6.07) is 7.68. The predicted octanol–water partition coefficient (Wildman–Crippen LogP) is 6.87. The van der Waals surface area contributed by atoms with E-state index >= 15 is 0 Å². The molecule has 0 bridgehead atoms. The lowest BCUT2D eigenvalue weighted by molar-refractivity contribution is -0.0217. The molecule has 0 radical (unpaired) electrons. The van der Waals surface area contributed by atoms with Gasteiger partial charge in [-0.1, -0.05) is 38.4 Å². The van der Waals surface area contributed by atoms with E-state index in [0.29, 0.717) is 11.6 Å². The zero-order valence-corrected chi connectivity index (χ0v) is 21.1. The maximum atomic E-state index is 11.2. The van der Waals surface area contributed by atoms with Crippen molar-refractivity contribution < 1.29 is 19.0 Å². The summed E-state index contributed by atoms with van der Waals surface area (Å²) < 4.78 is 17.2. The lowest BCUT2D eigenvalue weighted by Crippen LogP contribution is -2.41. The fraction of sp³-hybridized carbons (Fsp3) is 0.478. The average Bonchev–Trinajstić information content (AvgIpc) is 3.31. The van der Waals surface area contributed by atoms with Crippen molar-refractivity contribution in [3.63, 3.8) is 0 Å². The SMILES string of the molecule is Cc1sc(C2OC=CO2)cc1C(O)c1cc(Cl)ccc1CCO[Si](C)(C)C(C)(C)C. The van der Waals surface area contributed by atoms with E-state index in [0.717, 1.165) is 32.9 Å². The molecule has 30 heavy (non-hydrogen) atoms. The van der Waals surface area contributed by atoms with Crippen LogP contribution in [0.15, 0.2) is 36.8 Å². The van der Waals surface area contributed by atoms with Crippen LogP contribution in [0, 0.1) is 6.92 Å². The number of halogens is 1. The Morgan fingerprint density at radius 2 is 1.83 bits per heavy atom. The zero-order valence-electron chi connectivity index (χ0n) is 18.5. The van der Waals surface area contributed by atoms with Crippen LogP contribution >= 0.6 is 22.9 Å². The Morgan fingerprint density at radius 1 is 1.17 bits per heavy atom. The first-order chi connectivity index (χ1) is 14.0. The van der Waals surface area contributed by atoms with Crippen LogP contribution < -0.4 is 0 Å². The summed E-state index contributed by atoms with van der Waals surface area (Å²) in [7, 11) is -1.82. The number of benzene rings is 1. The number of ether oxygens (including phenoxy) is 2. The molecule has 0 saturated heterocycles. The predicted molar refractivity (Wildman–Crippen MR) is 125 cm³/mol. The van der Waals surface area contributed by atoms with E-state index in [1.54, 1.807) is 11.3 Å². The van der Waals surface area contributed by atoms with Gasteiger partial charge in [0.25, 0.3) is 6.29 Å². The Bertz CT molecular complexity index is 908. The van der Waals surface area contributed by atoms with Crippen molar-refractivity contribution in [2.24, 2.45) is 0 Å². The Hall–Kier alpha value is -1.31. The van der Waals surface area contributed by atoms with Crippen LogP contribution in [-0.2, 0) is 20.3 Å². The van der Waals surface area contributed by atoms with Gasteiger partial charge in [0.15, 0.2) is 8.32 Å². The number of rotatable bonds is 7. The minimum atomic E-state index is -1.82. The van der Waals surface area contributed by atoms with Crippen molar-refractivity contribution >= 4 is 31.3 Å². The van der Waals surface area contributed by atoms with Gasteiger partial charge >= 0.3 is 0 Å². The summed E-state index contributed by atoms with van der Waals surface area (Å²) in [4.78, 5) is 1.96. The molecule has 7 heteroatoms. The molecule has 0 spiro atoms. The lowest BCUT2D eigenvalue weighted by atomic mass is 9.95. The molecule has 1 aromatic carbocycles. The largest absolute Gasteiger partial charge is 0.454 e. The Labute approximate surface area is 189 Å². The van der Waals surface area contributed by atoms with Crippen LogP contribution in [0.4, 0.5) is 0 Å². The van der Waals surface area contributed by atoms with Gasteiger partial charge in [0, 0.05) is 16.5 Å². The molecule has 0 fully saturated rings. The maximum Gasteiger partial charge on any atom is 0.275 e. The number of hydrogen-bond acceptors (Lipinski definition) is 5. The quantitative estimate of drug-likeness (QED) is 0.452. The summed E-state index contributed by atoms with van der Waals surface area (Å²) in [5.74, 6) is 0. The molecule has 164 valence electrons. The van der Waals surface area contributed by atoms with Crippen LogP contribution in [-0.4, -0.2) is 20.0 Å². The first kappa shape index (κ1) is 23.4. The van der Waals surface area contributed by atoms with Crippen molar-refractivity contribution in [1.29, 1.82) is 0 Å². The number of hydrogen-bond donors (Lipinski definition) is 1. The van der Waals surface area contributed by atoms with Crippen molar-refractivity contribution in [3.05, 3.63) is 68.3 Å². The van der Waals surface area contributed by atoms with E-state index in [4.69, 9.17) is 25.5 Å². The highest BCUT2D eigenvalue weighted by atomic mass is 35.5. The number of aryl methyl sites for hydroxylation is 1. The van der Waals surface area contributed by atoms with Gasteiger partial charge in [-0.15, -0.1) is 11.3 Å². The molecule has 1 atom stereocenters. The Balaban J connectivity index is 1.80. The summed E-state index contributed by atoms with van der Waals surface area (Å²) in [6.07, 6.45) is 2.59. The van der Waals surface area contributed by atoms with Crippen molar-refractivity contribution in [2.75, 3.05) is 6.61 Å². The molecule has 0 aliphatic carbocycles. The van der Waals surface area contributed by atoms with E-state index in [2.05, 4.69) is 33.9 Å². The second kappa shape index (κ2) is 9.05. The Kier molecular flexibility index (Phi) is 7.04. The summed E-state index contributed by atoms with van der Waals surface area (Å²) in [5, 5.41) is 12.0. The number of aliphatic hydroxyl groups excluding tert-OH is 1. The van der Waals surface area contributed by atoms with Gasteiger partial charge in [-0.25, -0.2) is 0 Å². The average molecular weight is 467 g/mol. The second-order valence-electron chi connectivity index (χ2n) is 9.14. The van der Waals surface area contributed by atoms with Gasteiger partial charge in [-0.3, -0.25) is 0 Å². The van der Waals surface area contributed by atoms with E-state index in [1.165, 1.54) is 12.5 Å². The van der Waals surface area contributed by atoms with Crippen LogP contribution in [0.5, 0.6) is 0 Å². The molecule has 1 unspecified atom stereocenters. The molecular formula is C23H31ClO4SSi. The van der Waals surface area contributed by atoms with Gasteiger partial charge in [0.05, 0.1) is 4.88 Å². The normalized spacial score (nSPS) is 15.9. The van der Waals surface area contributed by atoms with Crippen LogP contribution in [0.3, 0.4) is 0 Å². The first-order valence-corrected chi connectivity index (χ1v) is 14.3. The molecule has 1 aliphatic rings. The molecule has 0 amide bonds. The molecule has 1 aliphatic heterocycles. The van der Waals surface area contributed by atoms with E-state index in [9.17, 15) is 5.11 Å². The number of aliphatic hydroxyl groups is 1. The fourth-order valence-corrected chi connectivity index (χ4v) is 5.39.